The summed E-state index contributed by atoms with van der Waals surface area (Å²) < 4.78 is 11.2. The van der Waals surface area contributed by atoms with Crippen LogP contribution >= 0.6 is 0 Å². The summed E-state index contributed by atoms with van der Waals surface area (Å²) in [4.78, 5) is 25.4. The first-order chi connectivity index (χ1) is 21.8. The lowest BCUT2D eigenvalue weighted by Gasteiger charge is -2.29. The summed E-state index contributed by atoms with van der Waals surface area (Å²) in [5.74, 6) is -0.252. The molecule has 45 heavy (non-hydrogen) atoms. The summed E-state index contributed by atoms with van der Waals surface area (Å²) in [6.07, 6.45) is 22.8. The van der Waals surface area contributed by atoms with Crippen molar-refractivity contribution < 1.29 is 19.1 Å². The van der Waals surface area contributed by atoms with Gasteiger partial charge in [0.05, 0.1) is 17.6 Å². The van der Waals surface area contributed by atoms with Crippen LogP contribution in [0.5, 0.6) is 0 Å². The molecule has 2 aromatic carbocycles. The molecule has 0 N–H and O–H groups in total. The predicted molar refractivity (Wildman–Crippen MR) is 189 cm³/mol. The largest absolute Gasteiger partial charge is 0.465 e. The second-order valence-corrected chi connectivity index (χ2v) is 13.4. The molecular formula is C40H61BO4. The molecule has 4 nitrogen and oxygen atoms in total. The van der Waals surface area contributed by atoms with Crippen LogP contribution in [0.3, 0.4) is 0 Å². The van der Waals surface area contributed by atoms with Crippen LogP contribution in [0.15, 0.2) is 48.5 Å². The van der Waals surface area contributed by atoms with Crippen molar-refractivity contribution in [2.45, 2.75) is 156 Å². The lowest BCUT2D eigenvalue weighted by atomic mass is 9.77. The summed E-state index contributed by atoms with van der Waals surface area (Å²) in [7, 11) is 5.69. The van der Waals surface area contributed by atoms with E-state index in [0.717, 1.165) is 36.8 Å². The number of ether oxygens (including phenoxy) is 2. The third kappa shape index (κ3) is 16.0. The minimum absolute atomic E-state index is 0.0796. The van der Waals surface area contributed by atoms with Gasteiger partial charge in [-0.15, -0.1) is 0 Å². The van der Waals surface area contributed by atoms with Crippen LogP contribution in [0.2, 0.25) is 0 Å². The van der Waals surface area contributed by atoms with Gasteiger partial charge >= 0.3 is 11.9 Å². The summed E-state index contributed by atoms with van der Waals surface area (Å²) >= 11 is 0. The third-order valence-corrected chi connectivity index (χ3v) is 9.33. The fraction of sp³-hybridized carbons (Fsp3) is 0.650. The van der Waals surface area contributed by atoms with E-state index in [0.29, 0.717) is 17.6 Å². The maximum Gasteiger partial charge on any atom is 0.338 e. The van der Waals surface area contributed by atoms with E-state index in [1.54, 1.807) is 24.3 Å². The Morgan fingerprint density at radius 1 is 0.689 bits per heavy atom. The number of carbonyl (C=O) groups is 2. The molecule has 0 fully saturated rings. The van der Waals surface area contributed by atoms with E-state index in [2.05, 4.69) is 32.9 Å². The number of rotatable bonds is 25. The molecule has 0 saturated heterocycles. The van der Waals surface area contributed by atoms with E-state index in [1.165, 1.54) is 89.9 Å². The maximum absolute atomic E-state index is 13.1. The van der Waals surface area contributed by atoms with E-state index in [-0.39, 0.29) is 24.5 Å². The Morgan fingerprint density at radius 2 is 1.18 bits per heavy atom. The van der Waals surface area contributed by atoms with Gasteiger partial charge < -0.3 is 9.47 Å². The molecule has 0 saturated carbocycles. The molecule has 0 amide bonds. The molecule has 2 atom stereocenters. The van der Waals surface area contributed by atoms with Gasteiger partial charge in [0.2, 0.25) is 0 Å². The molecule has 2 unspecified atom stereocenters. The lowest BCUT2D eigenvalue weighted by molar-refractivity contribution is -0.156. The smallest absolute Gasteiger partial charge is 0.338 e. The highest BCUT2D eigenvalue weighted by Crippen LogP contribution is 2.36. The van der Waals surface area contributed by atoms with Gasteiger partial charge in [-0.25, -0.2) is 4.79 Å². The Balaban J connectivity index is 1.57. The Hall–Kier alpha value is -2.56. The van der Waals surface area contributed by atoms with Crippen LogP contribution in [0, 0.1) is 5.41 Å². The summed E-state index contributed by atoms with van der Waals surface area (Å²) in [6, 6.07) is 14.8. The van der Waals surface area contributed by atoms with Gasteiger partial charge in [-0.1, -0.05) is 159 Å². The minimum atomic E-state index is -0.512. The van der Waals surface area contributed by atoms with Crippen molar-refractivity contribution in [1.29, 1.82) is 0 Å². The molecule has 0 spiro atoms. The van der Waals surface area contributed by atoms with Crippen molar-refractivity contribution in [3.05, 3.63) is 65.2 Å². The second kappa shape index (κ2) is 22.9. The molecule has 0 aliphatic carbocycles. The van der Waals surface area contributed by atoms with Gasteiger partial charge in [-0.2, -0.15) is 0 Å². The zero-order chi connectivity index (χ0) is 32.8. The predicted octanol–water partition coefficient (Wildman–Crippen LogP) is 10.6. The number of esters is 2. The zero-order valence-corrected chi connectivity index (χ0v) is 29.0. The van der Waals surface area contributed by atoms with Crippen molar-refractivity contribution in [3.63, 3.8) is 0 Å². The normalized spacial score (nSPS) is 13.2. The van der Waals surface area contributed by atoms with Crippen LogP contribution in [0.1, 0.15) is 171 Å². The third-order valence-electron chi connectivity index (χ3n) is 9.33. The van der Waals surface area contributed by atoms with Crippen molar-refractivity contribution in [1.82, 2.24) is 0 Å². The molecule has 248 valence electrons. The molecule has 0 bridgehead atoms. The molecule has 2 radical (unpaired) electrons. The fourth-order valence-corrected chi connectivity index (χ4v) is 5.95. The Bertz CT molecular complexity index is 1060. The highest BCUT2D eigenvalue weighted by atomic mass is 16.5. The minimum Gasteiger partial charge on any atom is -0.465 e. The first-order valence-electron chi connectivity index (χ1n) is 18.1. The van der Waals surface area contributed by atoms with E-state index >= 15 is 0 Å². The van der Waals surface area contributed by atoms with Crippen molar-refractivity contribution in [2.24, 2.45) is 5.41 Å². The Labute approximate surface area is 276 Å². The first-order valence-corrected chi connectivity index (χ1v) is 18.1. The van der Waals surface area contributed by atoms with Crippen LogP contribution in [0.4, 0.5) is 0 Å². The van der Waals surface area contributed by atoms with Crippen LogP contribution in [-0.2, 0) is 20.9 Å². The van der Waals surface area contributed by atoms with E-state index in [9.17, 15) is 9.59 Å². The average Bonchev–Trinajstić information content (AvgIpc) is 3.05. The summed E-state index contributed by atoms with van der Waals surface area (Å²) in [5, 5.41) is 0. The number of hydrogen-bond donors (Lipinski definition) is 0. The summed E-state index contributed by atoms with van der Waals surface area (Å²) in [5.41, 5.74) is 2.66. The molecule has 0 heterocycles. The highest BCUT2D eigenvalue weighted by molar-refractivity contribution is 6.32. The standard InChI is InChI=1S/C40H61BO4/c1-5-7-8-9-10-11-12-13-14-15-16-17-18-19-20-21-30-44-39(43)40(4,6-2)31-33(3)35-24-22-34(23-25-35)32-45-38(42)36-26-28-37(41)29-27-36/h22-29,33H,5-21,30-32H2,1-4H3. The lowest BCUT2D eigenvalue weighted by Crippen LogP contribution is -2.31. The van der Waals surface area contributed by atoms with Gasteiger partial charge in [-0.05, 0) is 55.4 Å². The zero-order valence-electron chi connectivity index (χ0n) is 29.0. The monoisotopic (exact) mass is 616 g/mol. The SMILES string of the molecule is [B]c1ccc(C(=O)OCc2ccc(C(C)CC(C)(CC)C(=O)OCCCCCCCCCCCCCCCCCC)cc2)cc1. The highest BCUT2D eigenvalue weighted by Gasteiger charge is 2.34. The maximum atomic E-state index is 13.1. The first kappa shape index (κ1) is 38.6. The van der Waals surface area contributed by atoms with Crippen molar-refractivity contribution in [3.8, 4) is 0 Å². The fourth-order valence-electron chi connectivity index (χ4n) is 5.95. The van der Waals surface area contributed by atoms with E-state index < -0.39 is 5.41 Å². The van der Waals surface area contributed by atoms with Gasteiger partial charge in [0.15, 0.2) is 0 Å². The quantitative estimate of drug-likeness (QED) is 0.0633. The number of hydrogen-bond acceptors (Lipinski definition) is 4. The molecular weight excluding hydrogens is 555 g/mol. The molecule has 0 aromatic heterocycles. The molecule has 0 aliphatic heterocycles. The van der Waals surface area contributed by atoms with E-state index in [1.807, 2.05) is 19.1 Å². The average molecular weight is 617 g/mol. The topological polar surface area (TPSA) is 52.6 Å². The van der Waals surface area contributed by atoms with Crippen molar-refractivity contribution >= 4 is 25.2 Å². The number of carbonyl (C=O) groups excluding carboxylic acids is 2. The van der Waals surface area contributed by atoms with Gasteiger partial charge in [0, 0.05) is 0 Å². The van der Waals surface area contributed by atoms with Gasteiger partial charge in [0.25, 0.3) is 0 Å². The van der Waals surface area contributed by atoms with Crippen LogP contribution in [0.25, 0.3) is 0 Å². The second-order valence-electron chi connectivity index (χ2n) is 13.4. The van der Waals surface area contributed by atoms with Gasteiger partial charge in [0.1, 0.15) is 14.5 Å². The number of benzene rings is 2. The molecule has 2 aromatic rings. The molecule has 0 aliphatic rings. The van der Waals surface area contributed by atoms with Gasteiger partial charge in [-0.3, -0.25) is 4.79 Å². The molecule has 2 rings (SSSR count). The van der Waals surface area contributed by atoms with Crippen LogP contribution in [-0.4, -0.2) is 26.4 Å². The summed E-state index contributed by atoms with van der Waals surface area (Å²) in [6.45, 7) is 9.27. The molecule has 5 heteroatoms. The van der Waals surface area contributed by atoms with Crippen molar-refractivity contribution in [2.75, 3.05) is 6.61 Å². The van der Waals surface area contributed by atoms with Crippen LogP contribution < -0.4 is 5.46 Å². The Kier molecular flexibility index (Phi) is 19.6. The Morgan fingerprint density at radius 3 is 1.67 bits per heavy atom. The number of unbranched alkanes of at least 4 members (excludes halogenated alkanes) is 15. The van der Waals surface area contributed by atoms with E-state index in [4.69, 9.17) is 17.3 Å².